The zero-order valence-electron chi connectivity index (χ0n) is 17.4. The highest BCUT2D eigenvalue weighted by molar-refractivity contribution is 9.10. The molecule has 0 aliphatic heterocycles. The lowest BCUT2D eigenvalue weighted by Crippen LogP contribution is -2.52. The Kier molecular flexibility index (Phi) is 8.70. The average molecular weight is 498 g/mol. The first-order chi connectivity index (χ1) is 14.0. The third kappa shape index (κ3) is 7.97. The van der Waals surface area contributed by atoms with Crippen molar-refractivity contribution < 1.29 is 19.1 Å². The third-order valence-electron chi connectivity index (χ3n) is 3.97. The minimum Gasteiger partial charge on any atom is -0.444 e. The number of anilines is 1. The molecule has 0 aliphatic carbocycles. The summed E-state index contributed by atoms with van der Waals surface area (Å²) in [6.07, 6.45) is -1.32. The van der Waals surface area contributed by atoms with Crippen LogP contribution in [0.4, 0.5) is 10.5 Å². The van der Waals surface area contributed by atoms with Gasteiger partial charge >= 0.3 is 6.09 Å². The maximum atomic E-state index is 13.0. The molecule has 0 unspecified atom stereocenters. The van der Waals surface area contributed by atoms with E-state index in [9.17, 15) is 9.59 Å². The fraction of sp³-hybridized carbons (Fsp3) is 0.364. The molecule has 2 amide bonds. The van der Waals surface area contributed by atoms with Crippen molar-refractivity contribution in [1.82, 2.24) is 5.32 Å². The molecule has 2 aromatic rings. The van der Waals surface area contributed by atoms with Gasteiger partial charge in [-0.2, -0.15) is 0 Å². The summed E-state index contributed by atoms with van der Waals surface area (Å²) in [5.41, 5.74) is 0.797. The van der Waals surface area contributed by atoms with Gasteiger partial charge in [-0.25, -0.2) is 4.79 Å². The lowest BCUT2D eigenvalue weighted by atomic mass is 10.1. The fourth-order valence-electron chi connectivity index (χ4n) is 2.52. The van der Waals surface area contributed by atoms with Crippen LogP contribution in [0.1, 0.15) is 33.3 Å². The second-order valence-corrected chi connectivity index (χ2v) is 9.01. The van der Waals surface area contributed by atoms with Crippen molar-refractivity contribution in [3.8, 4) is 0 Å². The van der Waals surface area contributed by atoms with Gasteiger partial charge in [0.15, 0.2) is 0 Å². The Morgan fingerprint density at radius 1 is 1.13 bits per heavy atom. The van der Waals surface area contributed by atoms with Gasteiger partial charge in [0.2, 0.25) is 5.91 Å². The molecule has 8 heteroatoms. The number of carbonyl (C=O) groups excluding carboxylic acids is 2. The van der Waals surface area contributed by atoms with E-state index < -0.39 is 29.7 Å². The zero-order valence-corrected chi connectivity index (χ0v) is 19.7. The average Bonchev–Trinajstić information content (AvgIpc) is 2.66. The van der Waals surface area contributed by atoms with E-state index in [-0.39, 0.29) is 0 Å². The number of amides is 2. The SMILES string of the molecule is C[C@H](OCc1ccccc1)[C@@H](NC(=O)OC(C)(C)C)C(=O)Nc1ccc(Cl)c(Br)c1. The van der Waals surface area contributed by atoms with Gasteiger partial charge in [0.1, 0.15) is 11.6 Å². The Bertz CT molecular complexity index is 871. The number of rotatable bonds is 7. The molecule has 2 N–H and O–H groups in total. The van der Waals surface area contributed by atoms with Gasteiger partial charge in [0, 0.05) is 10.2 Å². The normalized spacial score (nSPS) is 13.3. The Morgan fingerprint density at radius 2 is 1.80 bits per heavy atom. The number of hydrogen-bond donors (Lipinski definition) is 2. The Balaban J connectivity index is 2.12. The van der Waals surface area contributed by atoms with Crippen molar-refractivity contribution in [2.24, 2.45) is 0 Å². The predicted molar refractivity (Wildman–Crippen MR) is 122 cm³/mol. The highest BCUT2D eigenvalue weighted by atomic mass is 79.9. The van der Waals surface area contributed by atoms with Gasteiger partial charge in [0.05, 0.1) is 17.7 Å². The van der Waals surface area contributed by atoms with Gasteiger partial charge in [-0.3, -0.25) is 4.79 Å². The number of ether oxygens (including phenoxy) is 2. The van der Waals surface area contributed by atoms with E-state index in [0.717, 1.165) is 5.56 Å². The van der Waals surface area contributed by atoms with Crippen molar-refractivity contribution in [3.05, 3.63) is 63.6 Å². The van der Waals surface area contributed by atoms with Crippen LogP contribution in [0.5, 0.6) is 0 Å². The topological polar surface area (TPSA) is 76.7 Å². The van der Waals surface area contributed by atoms with Crippen LogP contribution in [0.25, 0.3) is 0 Å². The molecule has 0 fully saturated rings. The number of benzene rings is 2. The van der Waals surface area contributed by atoms with E-state index in [1.807, 2.05) is 30.3 Å². The first-order valence-electron chi connectivity index (χ1n) is 9.46. The predicted octanol–water partition coefficient (Wildman–Crippen LogP) is 5.54. The summed E-state index contributed by atoms with van der Waals surface area (Å²) in [5.74, 6) is -0.435. The van der Waals surface area contributed by atoms with E-state index in [4.69, 9.17) is 21.1 Å². The van der Waals surface area contributed by atoms with Gasteiger partial charge < -0.3 is 20.1 Å². The van der Waals surface area contributed by atoms with Crippen LogP contribution in [0.2, 0.25) is 5.02 Å². The smallest absolute Gasteiger partial charge is 0.408 e. The first kappa shape index (κ1) is 24.2. The number of alkyl carbamates (subject to hydrolysis) is 1. The maximum absolute atomic E-state index is 13.0. The quantitative estimate of drug-likeness (QED) is 0.526. The minimum atomic E-state index is -0.974. The summed E-state index contributed by atoms with van der Waals surface area (Å²) >= 11 is 9.34. The molecule has 2 atom stereocenters. The van der Waals surface area contributed by atoms with Crippen LogP contribution in [-0.4, -0.2) is 29.7 Å². The number of hydrogen-bond acceptors (Lipinski definition) is 4. The summed E-state index contributed by atoms with van der Waals surface area (Å²) < 4.78 is 11.8. The second-order valence-electron chi connectivity index (χ2n) is 7.74. The monoisotopic (exact) mass is 496 g/mol. The molecule has 0 saturated carbocycles. The molecule has 0 spiro atoms. The molecular weight excluding hydrogens is 472 g/mol. The van der Waals surface area contributed by atoms with Crippen LogP contribution >= 0.6 is 27.5 Å². The van der Waals surface area contributed by atoms with E-state index >= 15 is 0 Å². The Morgan fingerprint density at radius 3 is 2.40 bits per heavy atom. The molecule has 2 aromatic carbocycles. The molecule has 0 bridgehead atoms. The van der Waals surface area contributed by atoms with Crippen molar-refractivity contribution in [3.63, 3.8) is 0 Å². The van der Waals surface area contributed by atoms with Crippen LogP contribution in [0.15, 0.2) is 53.0 Å². The molecule has 0 aliphatic rings. The van der Waals surface area contributed by atoms with E-state index in [0.29, 0.717) is 21.8 Å². The molecule has 0 radical (unpaired) electrons. The highest BCUT2D eigenvalue weighted by Crippen LogP contribution is 2.25. The molecule has 0 aromatic heterocycles. The summed E-state index contributed by atoms with van der Waals surface area (Å²) in [5, 5.41) is 5.92. The van der Waals surface area contributed by atoms with Gasteiger partial charge in [-0.05, 0) is 67.4 Å². The van der Waals surface area contributed by atoms with Crippen molar-refractivity contribution in [2.75, 3.05) is 5.32 Å². The number of nitrogens with one attached hydrogen (secondary N) is 2. The summed E-state index contributed by atoms with van der Waals surface area (Å²) in [4.78, 5) is 25.3. The van der Waals surface area contributed by atoms with E-state index in [2.05, 4.69) is 26.6 Å². The van der Waals surface area contributed by atoms with Crippen LogP contribution in [-0.2, 0) is 20.9 Å². The Hall–Kier alpha value is -2.09. The maximum Gasteiger partial charge on any atom is 0.408 e. The van der Waals surface area contributed by atoms with Crippen LogP contribution in [0, 0.1) is 0 Å². The summed E-state index contributed by atoms with van der Waals surface area (Å²) in [6.45, 7) is 7.28. The molecule has 30 heavy (non-hydrogen) atoms. The minimum absolute atomic E-state index is 0.300. The number of carbonyl (C=O) groups is 2. The molecule has 162 valence electrons. The van der Waals surface area contributed by atoms with Gasteiger partial charge in [-0.1, -0.05) is 41.9 Å². The third-order valence-corrected chi connectivity index (χ3v) is 5.18. The molecule has 2 rings (SSSR count). The summed E-state index contributed by atoms with van der Waals surface area (Å²) in [6, 6.07) is 13.6. The zero-order chi connectivity index (χ0) is 22.3. The van der Waals surface area contributed by atoms with Crippen molar-refractivity contribution in [1.29, 1.82) is 0 Å². The van der Waals surface area contributed by atoms with E-state index in [1.165, 1.54) is 0 Å². The first-order valence-corrected chi connectivity index (χ1v) is 10.6. The molecule has 0 heterocycles. The molecule has 6 nitrogen and oxygen atoms in total. The lowest BCUT2D eigenvalue weighted by molar-refractivity contribution is -0.122. The van der Waals surface area contributed by atoms with Crippen LogP contribution < -0.4 is 10.6 Å². The van der Waals surface area contributed by atoms with Gasteiger partial charge in [0.25, 0.3) is 0 Å². The van der Waals surface area contributed by atoms with Crippen molar-refractivity contribution in [2.45, 2.75) is 52.0 Å². The highest BCUT2D eigenvalue weighted by Gasteiger charge is 2.30. The van der Waals surface area contributed by atoms with Crippen molar-refractivity contribution >= 4 is 45.2 Å². The fourth-order valence-corrected chi connectivity index (χ4v) is 3.02. The molecular formula is C22H26BrClN2O4. The standard InChI is InChI=1S/C22H26BrClN2O4/c1-14(29-13-15-8-6-5-7-9-15)19(26-21(28)30-22(2,3)4)20(27)25-16-10-11-18(24)17(23)12-16/h5-12,14,19H,13H2,1-4H3,(H,25,27)(H,26,28)/t14-,19+/m0/s1. The largest absolute Gasteiger partial charge is 0.444 e. The number of halogens is 2. The van der Waals surface area contributed by atoms with Gasteiger partial charge in [-0.15, -0.1) is 0 Å². The van der Waals surface area contributed by atoms with Crippen LogP contribution in [0.3, 0.4) is 0 Å². The Labute approximate surface area is 190 Å². The van der Waals surface area contributed by atoms with E-state index in [1.54, 1.807) is 45.9 Å². The lowest BCUT2D eigenvalue weighted by Gasteiger charge is -2.27. The second kappa shape index (κ2) is 10.8. The summed E-state index contributed by atoms with van der Waals surface area (Å²) in [7, 11) is 0. The molecule has 0 saturated heterocycles.